The first-order valence-corrected chi connectivity index (χ1v) is 5.18. The maximum absolute atomic E-state index is 12.7. The molecule has 0 saturated carbocycles. The topological polar surface area (TPSA) is 50.2 Å². The fraction of sp³-hybridized carbons (Fsp3) is 0.333. The van der Waals surface area contributed by atoms with E-state index in [1.165, 1.54) is 0 Å². The second-order valence-electron chi connectivity index (χ2n) is 3.22. The van der Waals surface area contributed by atoms with Crippen LogP contribution in [0.1, 0.15) is 23.2 Å². The second-order valence-corrected chi connectivity index (χ2v) is 4.03. The lowest BCUT2D eigenvalue weighted by Crippen LogP contribution is -2.15. The first kappa shape index (κ1) is 14.8. The minimum absolute atomic E-state index is 0.351. The molecule has 1 aromatic rings. The average molecular weight is 334 g/mol. The third-order valence-electron chi connectivity index (χ3n) is 1.95. The highest BCUT2D eigenvalue weighted by Gasteiger charge is 2.38. The molecule has 0 spiro atoms. The van der Waals surface area contributed by atoms with E-state index in [9.17, 15) is 26.7 Å². The smallest absolute Gasteiger partial charge is 0.417 e. The standard InChI is InChI=1S/C9H5BrF5NO2/c10-5-1-3(9(13,14)15)7(8(11)12)4(16-5)2-6(17)18/h1,8H,2H2,(H,17,18). The molecule has 0 aliphatic rings. The molecule has 0 amide bonds. The summed E-state index contributed by atoms with van der Waals surface area (Å²) in [6.07, 6.45) is -9.48. The Morgan fingerprint density at radius 1 is 1.44 bits per heavy atom. The van der Waals surface area contributed by atoms with Crippen molar-refractivity contribution in [2.75, 3.05) is 0 Å². The molecule has 3 nitrogen and oxygen atoms in total. The van der Waals surface area contributed by atoms with Crippen LogP contribution in [0.2, 0.25) is 0 Å². The minimum Gasteiger partial charge on any atom is -0.481 e. The van der Waals surface area contributed by atoms with Gasteiger partial charge in [0.05, 0.1) is 23.2 Å². The molecule has 0 unspecified atom stereocenters. The fourth-order valence-electron chi connectivity index (χ4n) is 1.33. The van der Waals surface area contributed by atoms with Crippen molar-refractivity contribution in [2.24, 2.45) is 0 Å². The van der Waals surface area contributed by atoms with Crippen LogP contribution in [0, 0.1) is 0 Å². The van der Waals surface area contributed by atoms with E-state index in [4.69, 9.17) is 5.11 Å². The predicted octanol–water partition coefficient (Wildman–Crippen LogP) is 3.43. The molecule has 0 bridgehead atoms. The summed E-state index contributed by atoms with van der Waals surface area (Å²) in [4.78, 5) is 13.8. The average Bonchev–Trinajstić information content (AvgIpc) is 2.13. The van der Waals surface area contributed by atoms with E-state index in [0.717, 1.165) is 0 Å². The highest BCUT2D eigenvalue weighted by atomic mass is 79.9. The Kier molecular flexibility index (Phi) is 4.25. The Labute approximate surface area is 106 Å². The van der Waals surface area contributed by atoms with E-state index in [1.807, 2.05) is 0 Å². The molecule has 18 heavy (non-hydrogen) atoms. The van der Waals surface area contributed by atoms with Gasteiger partial charge in [-0.25, -0.2) is 13.8 Å². The lowest BCUT2D eigenvalue weighted by molar-refractivity contribution is -0.140. The number of carbonyl (C=O) groups is 1. The second kappa shape index (κ2) is 5.17. The van der Waals surface area contributed by atoms with Crippen molar-refractivity contribution in [3.05, 3.63) is 27.5 Å². The Bertz CT molecular complexity index is 475. The van der Waals surface area contributed by atoms with Crippen LogP contribution in [-0.2, 0) is 17.4 Å². The number of aromatic nitrogens is 1. The zero-order valence-corrected chi connectivity index (χ0v) is 10.0. The number of nitrogens with zero attached hydrogens (tertiary/aromatic N) is 1. The lowest BCUT2D eigenvalue weighted by Gasteiger charge is -2.15. The number of aliphatic carboxylic acids is 1. The molecule has 0 aliphatic heterocycles. The van der Waals surface area contributed by atoms with Crippen molar-refractivity contribution in [3.63, 3.8) is 0 Å². The van der Waals surface area contributed by atoms with Crippen LogP contribution in [0.25, 0.3) is 0 Å². The lowest BCUT2D eigenvalue weighted by atomic mass is 10.0. The van der Waals surface area contributed by atoms with Crippen LogP contribution >= 0.6 is 15.9 Å². The maximum Gasteiger partial charge on any atom is 0.417 e. The molecule has 100 valence electrons. The molecule has 1 rings (SSSR count). The van der Waals surface area contributed by atoms with Crippen LogP contribution in [0.4, 0.5) is 22.0 Å². The SMILES string of the molecule is O=C(O)Cc1nc(Br)cc(C(F)(F)F)c1C(F)F. The van der Waals surface area contributed by atoms with Crippen molar-refractivity contribution in [1.82, 2.24) is 4.98 Å². The molecule has 0 aliphatic carbocycles. The molecule has 0 aromatic carbocycles. The van der Waals surface area contributed by atoms with E-state index < -0.39 is 41.8 Å². The predicted molar refractivity (Wildman–Crippen MR) is 53.2 cm³/mol. The van der Waals surface area contributed by atoms with Gasteiger partial charge < -0.3 is 5.11 Å². The van der Waals surface area contributed by atoms with Gasteiger partial charge in [-0.05, 0) is 22.0 Å². The highest BCUT2D eigenvalue weighted by Crippen LogP contribution is 2.38. The zero-order valence-electron chi connectivity index (χ0n) is 8.43. The van der Waals surface area contributed by atoms with Crippen molar-refractivity contribution < 1.29 is 31.9 Å². The van der Waals surface area contributed by atoms with Gasteiger partial charge in [-0.15, -0.1) is 0 Å². The van der Waals surface area contributed by atoms with E-state index in [-0.39, 0.29) is 4.60 Å². The quantitative estimate of drug-likeness (QED) is 0.681. The van der Waals surface area contributed by atoms with E-state index in [1.54, 1.807) is 0 Å². The van der Waals surface area contributed by atoms with Gasteiger partial charge in [-0.2, -0.15) is 13.2 Å². The zero-order chi connectivity index (χ0) is 14.1. The van der Waals surface area contributed by atoms with Crippen molar-refractivity contribution in [2.45, 2.75) is 19.0 Å². The van der Waals surface area contributed by atoms with Crippen molar-refractivity contribution in [1.29, 1.82) is 0 Å². The Morgan fingerprint density at radius 3 is 2.39 bits per heavy atom. The van der Waals surface area contributed by atoms with Gasteiger partial charge in [-0.3, -0.25) is 4.79 Å². The summed E-state index contributed by atoms with van der Waals surface area (Å²) in [7, 11) is 0. The summed E-state index contributed by atoms with van der Waals surface area (Å²) < 4.78 is 62.7. The number of hydrogen-bond acceptors (Lipinski definition) is 2. The number of rotatable bonds is 3. The van der Waals surface area contributed by atoms with Gasteiger partial charge in [0, 0.05) is 0 Å². The number of carboxylic acid groups (broad SMARTS) is 1. The largest absolute Gasteiger partial charge is 0.481 e. The molecule has 0 saturated heterocycles. The third kappa shape index (κ3) is 3.37. The summed E-state index contributed by atoms with van der Waals surface area (Å²) in [6.45, 7) is 0. The Morgan fingerprint density at radius 2 is 2.00 bits per heavy atom. The molecule has 0 atom stereocenters. The van der Waals surface area contributed by atoms with Crippen molar-refractivity contribution in [3.8, 4) is 0 Å². The summed E-state index contributed by atoms with van der Waals surface area (Å²) in [5.41, 5.74) is -3.79. The first-order chi connectivity index (χ1) is 8.12. The number of halogens is 6. The number of hydrogen-bond donors (Lipinski definition) is 1. The van der Waals surface area contributed by atoms with Crippen LogP contribution in [0.5, 0.6) is 0 Å². The summed E-state index contributed by atoms with van der Waals surface area (Å²) in [5.74, 6) is -1.55. The van der Waals surface area contributed by atoms with Crippen LogP contribution in [0.15, 0.2) is 10.7 Å². The van der Waals surface area contributed by atoms with Crippen LogP contribution < -0.4 is 0 Å². The third-order valence-corrected chi connectivity index (χ3v) is 2.35. The Hall–Kier alpha value is -1.25. The summed E-state index contributed by atoms with van der Waals surface area (Å²) in [5, 5.41) is 8.48. The molecule has 0 radical (unpaired) electrons. The minimum atomic E-state index is -5.01. The molecule has 1 heterocycles. The summed E-state index contributed by atoms with van der Waals surface area (Å²) in [6, 6.07) is 0.396. The van der Waals surface area contributed by atoms with Gasteiger partial charge in [0.2, 0.25) is 0 Å². The summed E-state index contributed by atoms with van der Waals surface area (Å²) >= 11 is 2.63. The van der Waals surface area contributed by atoms with Gasteiger partial charge in [0.15, 0.2) is 0 Å². The Balaban J connectivity index is 3.51. The van der Waals surface area contributed by atoms with Gasteiger partial charge in [0.1, 0.15) is 4.60 Å². The van der Waals surface area contributed by atoms with Crippen LogP contribution in [0.3, 0.4) is 0 Å². The fourth-order valence-corrected chi connectivity index (χ4v) is 1.77. The van der Waals surface area contributed by atoms with E-state index >= 15 is 0 Å². The van der Waals surface area contributed by atoms with E-state index in [2.05, 4.69) is 20.9 Å². The normalized spacial score (nSPS) is 11.9. The molecule has 0 fully saturated rings. The molecular weight excluding hydrogens is 329 g/mol. The highest BCUT2D eigenvalue weighted by molar-refractivity contribution is 9.10. The molecule has 1 N–H and O–H groups in total. The molecular formula is C9H5BrF5NO2. The van der Waals surface area contributed by atoms with E-state index in [0.29, 0.717) is 6.07 Å². The maximum atomic E-state index is 12.7. The van der Waals surface area contributed by atoms with Crippen LogP contribution in [-0.4, -0.2) is 16.1 Å². The van der Waals surface area contributed by atoms with Crippen molar-refractivity contribution >= 4 is 21.9 Å². The molecule has 9 heteroatoms. The van der Waals surface area contributed by atoms with Gasteiger partial charge >= 0.3 is 12.1 Å². The van der Waals surface area contributed by atoms with Gasteiger partial charge in [0.25, 0.3) is 6.43 Å². The number of carboxylic acids is 1. The molecule has 1 aromatic heterocycles. The number of alkyl halides is 5. The monoisotopic (exact) mass is 333 g/mol. The number of pyridine rings is 1. The van der Waals surface area contributed by atoms with Gasteiger partial charge in [-0.1, -0.05) is 0 Å². The first-order valence-electron chi connectivity index (χ1n) is 4.39.